The maximum absolute atomic E-state index is 11.5. The van der Waals surface area contributed by atoms with Gasteiger partial charge in [-0.15, -0.1) is 0 Å². The Balaban J connectivity index is 2.23. The molecule has 0 unspecified atom stereocenters. The second kappa shape index (κ2) is 4.86. The van der Waals surface area contributed by atoms with E-state index in [9.17, 15) is 4.79 Å². The highest BCUT2D eigenvalue weighted by Gasteiger charge is 2.07. The lowest BCUT2D eigenvalue weighted by molar-refractivity contribution is 0.628. The smallest absolute Gasteiger partial charge is 0.343 e. The van der Waals surface area contributed by atoms with Crippen LogP contribution < -0.4 is 11.4 Å². The van der Waals surface area contributed by atoms with Gasteiger partial charge in [-0.3, -0.25) is 4.57 Å². The summed E-state index contributed by atoms with van der Waals surface area (Å²) in [5, 5.41) is 6.53. The molecule has 1 heterocycles. The molecule has 5 nitrogen and oxygen atoms in total. The van der Waals surface area contributed by atoms with Crippen LogP contribution in [0.15, 0.2) is 29.1 Å². The Morgan fingerprint density at radius 2 is 2.06 bits per heavy atom. The summed E-state index contributed by atoms with van der Waals surface area (Å²) in [5.74, 6) is 0.765. The van der Waals surface area contributed by atoms with Crippen molar-refractivity contribution in [1.29, 1.82) is 0 Å². The Morgan fingerprint density at radius 3 is 2.71 bits per heavy atom. The zero-order valence-electron chi connectivity index (χ0n) is 9.81. The molecule has 0 amide bonds. The molecule has 0 fully saturated rings. The van der Waals surface area contributed by atoms with Crippen LogP contribution in [-0.2, 0) is 13.0 Å². The zero-order valence-corrected chi connectivity index (χ0v) is 9.81. The summed E-state index contributed by atoms with van der Waals surface area (Å²) in [5.41, 5.74) is 7.31. The minimum atomic E-state index is -0.141. The van der Waals surface area contributed by atoms with E-state index in [2.05, 4.69) is 10.2 Å². The van der Waals surface area contributed by atoms with Gasteiger partial charge in [-0.2, -0.15) is 5.10 Å². The summed E-state index contributed by atoms with van der Waals surface area (Å²) in [6.07, 6.45) is 1.55. The van der Waals surface area contributed by atoms with Crippen molar-refractivity contribution in [2.24, 2.45) is 0 Å². The molecule has 1 aromatic carbocycles. The normalized spacial score (nSPS) is 10.6. The Morgan fingerprint density at radius 1 is 1.35 bits per heavy atom. The molecule has 5 heteroatoms. The van der Waals surface area contributed by atoms with Gasteiger partial charge in [0.1, 0.15) is 5.82 Å². The summed E-state index contributed by atoms with van der Waals surface area (Å²) >= 11 is 0. The van der Waals surface area contributed by atoms with Gasteiger partial charge in [0.15, 0.2) is 0 Å². The van der Waals surface area contributed by atoms with E-state index in [4.69, 9.17) is 5.73 Å². The first-order valence-corrected chi connectivity index (χ1v) is 5.69. The third-order valence-electron chi connectivity index (χ3n) is 2.63. The molecule has 0 bridgehead atoms. The van der Waals surface area contributed by atoms with Crippen molar-refractivity contribution in [3.63, 3.8) is 0 Å². The van der Waals surface area contributed by atoms with Crippen LogP contribution in [0.1, 0.15) is 24.7 Å². The van der Waals surface area contributed by atoms with Crippen LogP contribution in [0.2, 0.25) is 0 Å². The van der Waals surface area contributed by atoms with Gasteiger partial charge in [-0.1, -0.05) is 19.1 Å². The Labute approximate surface area is 99.3 Å². The number of nitrogens with zero attached hydrogens (tertiary/aromatic N) is 2. The molecule has 90 valence electrons. The number of benzene rings is 1. The van der Waals surface area contributed by atoms with E-state index in [0.717, 1.165) is 23.5 Å². The molecular formula is C12H16N4O. The number of aromatic amines is 1. The van der Waals surface area contributed by atoms with Crippen molar-refractivity contribution in [1.82, 2.24) is 14.8 Å². The molecule has 2 aromatic rings. The Bertz CT molecular complexity index is 538. The van der Waals surface area contributed by atoms with Gasteiger partial charge in [0, 0.05) is 18.7 Å². The number of hydrogen-bond donors (Lipinski definition) is 2. The molecule has 0 saturated heterocycles. The number of nitrogens with one attached hydrogen (secondary N) is 1. The molecule has 0 saturated carbocycles. The molecule has 0 spiro atoms. The Hall–Kier alpha value is -2.04. The van der Waals surface area contributed by atoms with E-state index in [1.165, 1.54) is 0 Å². The van der Waals surface area contributed by atoms with E-state index >= 15 is 0 Å². The summed E-state index contributed by atoms with van der Waals surface area (Å²) in [6.45, 7) is 2.73. The summed E-state index contributed by atoms with van der Waals surface area (Å²) < 4.78 is 1.68. The molecule has 17 heavy (non-hydrogen) atoms. The van der Waals surface area contributed by atoms with Gasteiger partial charge in [0.25, 0.3) is 0 Å². The number of H-pyrrole nitrogens is 1. The van der Waals surface area contributed by atoms with Crippen LogP contribution in [0.3, 0.4) is 0 Å². The monoisotopic (exact) mass is 232 g/mol. The van der Waals surface area contributed by atoms with Crippen molar-refractivity contribution in [2.45, 2.75) is 26.3 Å². The van der Waals surface area contributed by atoms with E-state index in [1.807, 2.05) is 31.2 Å². The molecule has 0 aliphatic carbocycles. The van der Waals surface area contributed by atoms with Gasteiger partial charge >= 0.3 is 5.69 Å². The van der Waals surface area contributed by atoms with E-state index in [0.29, 0.717) is 13.0 Å². The van der Waals surface area contributed by atoms with Crippen molar-refractivity contribution in [2.75, 3.05) is 5.73 Å². The maximum Gasteiger partial charge on any atom is 0.343 e. The third-order valence-corrected chi connectivity index (χ3v) is 2.63. The molecule has 0 aliphatic rings. The molecule has 2 rings (SSSR count). The van der Waals surface area contributed by atoms with Crippen molar-refractivity contribution in [3.8, 4) is 0 Å². The van der Waals surface area contributed by atoms with Crippen molar-refractivity contribution < 1.29 is 0 Å². The topological polar surface area (TPSA) is 76.7 Å². The largest absolute Gasteiger partial charge is 0.399 e. The maximum atomic E-state index is 11.5. The lowest BCUT2D eigenvalue weighted by Crippen LogP contribution is -2.18. The number of aromatic nitrogens is 3. The van der Waals surface area contributed by atoms with E-state index < -0.39 is 0 Å². The molecule has 3 N–H and O–H groups in total. The van der Waals surface area contributed by atoms with Crippen LogP contribution in [-0.4, -0.2) is 14.8 Å². The van der Waals surface area contributed by atoms with Gasteiger partial charge in [-0.05, 0) is 24.1 Å². The minimum absolute atomic E-state index is 0.141. The number of rotatable bonds is 4. The lowest BCUT2D eigenvalue weighted by atomic mass is 10.1. The molecule has 0 radical (unpaired) electrons. The number of nitrogens with two attached hydrogens (primary N) is 1. The highest BCUT2D eigenvalue weighted by atomic mass is 16.1. The van der Waals surface area contributed by atoms with Crippen LogP contribution >= 0.6 is 0 Å². The average Bonchev–Trinajstić information content (AvgIpc) is 2.65. The fraction of sp³-hybridized carbons (Fsp3) is 0.333. The second-order valence-corrected chi connectivity index (χ2v) is 4.01. The number of hydrogen-bond acceptors (Lipinski definition) is 3. The third kappa shape index (κ3) is 2.55. The highest BCUT2D eigenvalue weighted by Crippen LogP contribution is 2.09. The summed E-state index contributed by atoms with van der Waals surface area (Å²) in [6, 6.07) is 7.60. The highest BCUT2D eigenvalue weighted by molar-refractivity contribution is 5.39. The quantitative estimate of drug-likeness (QED) is 0.776. The van der Waals surface area contributed by atoms with Crippen LogP contribution in [0, 0.1) is 0 Å². The predicted octanol–water partition coefficient (Wildman–Crippen LogP) is 1.15. The molecule has 0 atom stereocenters. The fourth-order valence-corrected chi connectivity index (χ4v) is 1.76. The van der Waals surface area contributed by atoms with Gasteiger partial charge < -0.3 is 5.73 Å². The standard InChI is InChI=1S/C12H16N4O/c1-2-7-16-11(14-15-12(16)17)8-9-3-5-10(13)6-4-9/h3-6H,2,7-8,13H2,1H3,(H,15,17). The minimum Gasteiger partial charge on any atom is -0.399 e. The average molecular weight is 232 g/mol. The first-order chi connectivity index (χ1) is 8.20. The number of anilines is 1. The second-order valence-electron chi connectivity index (χ2n) is 4.01. The van der Waals surface area contributed by atoms with Crippen LogP contribution in [0.4, 0.5) is 5.69 Å². The van der Waals surface area contributed by atoms with Gasteiger partial charge in [0.05, 0.1) is 0 Å². The van der Waals surface area contributed by atoms with Crippen LogP contribution in [0.25, 0.3) is 0 Å². The molecular weight excluding hydrogens is 216 g/mol. The zero-order chi connectivity index (χ0) is 12.3. The van der Waals surface area contributed by atoms with Crippen molar-refractivity contribution in [3.05, 3.63) is 46.1 Å². The van der Waals surface area contributed by atoms with E-state index in [-0.39, 0.29) is 5.69 Å². The fourth-order valence-electron chi connectivity index (χ4n) is 1.76. The number of nitrogen functional groups attached to an aromatic ring is 1. The summed E-state index contributed by atoms with van der Waals surface area (Å²) in [7, 11) is 0. The predicted molar refractivity (Wildman–Crippen MR) is 66.8 cm³/mol. The SMILES string of the molecule is CCCn1c(Cc2ccc(N)cc2)n[nH]c1=O. The molecule has 0 aliphatic heterocycles. The first-order valence-electron chi connectivity index (χ1n) is 5.69. The Kier molecular flexibility index (Phi) is 3.27. The van der Waals surface area contributed by atoms with E-state index in [1.54, 1.807) is 4.57 Å². The van der Waals surface area contributed by atoms with Crippen LogP contribution in [0.5, 0.6) is 0 Å². The van der Waals surface area contributed by atoms with Crippen molar-refractivity contribution >= 4 is 5.69 Å². The molecule has 1 aromatic heterocycles. The van der Waals surface area contributed by atoms with Gasteiger partial charge in [0.2, 0.25) is 0 Å². The van der Waals surface area contributed by atoms with Gasteiger partial charge in [-0.25, -0.2) is 9.89 Å². The summed E-state index contributed by atoms with van der Waals surface area (Å²) in [4.78, 5) is 11.5. The lowest BCUT2D eigenvalue weighted by Gasteiger charge is -2.04. The first kappa shape index (κ1) is 11.4.